The summed E-state index contributed by atoms with van der Waals surface area (Å²) in [4.78, 5) is 7.02. The number of benzene rings is 2. The van der Waals surface area contributed by atoms with Crippen molar-refractivity contribution in [2.75, 3.05) is 17.2 Å². The van der Waals surface area contributed by atoms with Gasteiger partial charge in [0, 0.05) is 24.0 Å². The van der Waals surface area contributed by atoms with Crippen LogP contribution in [-0.4, -0.2) is 27.3 Å². The van der Waals surface area contributed by atoms with E-state index in [2.05, 4.69) is 16.4 Å². The van der Waals surface area contributed by atoms with Gasteiger partial charge >= 0.3 is 0 Å². The van der Waals surface area contributed by atoms with Crippen LogP contribution in [0, 0.1) is 0 Å². The number of aromatic nitrogens is 2. The normalized spacial score (nSPS) is 16.2. The summed E-state index contributed by atoms with van der Waals surface area (Å²) in [5, 5.41) is 11.6. The van der Waals surface area contributed by atoms with Gasteiger partial charge in [0.1, 0.15) is 5.52 Å². The molecule has 148 valence electrons. The van der Waals surface area contributed by atoms with Gasteiger partial charge in [-0.25, -0.2) is 4.98 Å². The predicted molar refractivity (Wildman–Crippen MR) is 117 cm³/mol. The lowest BCUT2D eigenvalue weighted by Crippen LogP contribution is -2.29. The molecular weight excluding hydrogens is 395 g/mol. The first kappa shape index (κ1) is 19.4. The molecule has 1 aromatic heterocycles. The summed E-state index contributed by atoms with van der Waals surface area (Å²) >= 11 is 12.6. The van der Waals surface area contributed by atoms with Gasteiger partial charge in [-0.3, -0.25) is 0 Å². The third kappa shape index (κ3) is 3.11. The van der Waals surface area contributed by atoms with E-state index >= 15 is 0 Å². The number of imidazole rings is 1. The maximum atomic E-state index is 10.3. The van der Waals surface area contributed by atoms with Crippen molar-refractivity contribution in [2.24, 2.45) is 0 Å². The number of rotatable bonds is 4. The fraction of sp³-hybridized carbons (Fsp3) is 0.381. The molecule has 2 aromatic carbocycles. The van der Waals surface area contributed by atoms with Gasteiger partial charge < -0.3 is 20.3 Å². The second kappa shape index (κ2) is 7.47. The molecule has 3 N–H and O–H groups in total. The molecule has 1 aliphatic rings. The van der Waals surface area contributed by atoms with E-state index in [9.17, 15) is 5.11 Å². The van der Waals surface area contributed by atoms with Crippen molar-refractivity contribution < 1.29 is 5.11 Å². The minimum Gasteiger partial charge on any atom is -0.397 e. The molecule has 0 amide bonds. The summed E-state index contributed by atoms with van der Waals surface area (Å²) in [6, 6.07) is 9.44. The van der Waals surface area contributed by atoms with Crippen molar-refractivity contribution in [3.05, 3.63) is 45.9 Å². The van der Waals surface area contributed by atoms with Gasteiger partial charge in [-0.05, 0) is 49.6 Å². The standard InChI is InChI=1S/C21H24Cl2N4O/c1-3-14(12(2)28)15-6-7-16(23)19-20(15)27-10-4-9-26(21(27)25-19)18-8-5-13(22)11-17(18)24/h5-8,11-12,14,28H,3-4,9-10,24H2,1-2H3. The van der Waals surface area contributed by atoms with Crippen LogP contribution in [-0.2, 0) is 6.54 Å². The lowest BCUT2D eigenvalue weighted by Gasteiger charge is -2.30. The Morgan fingerprint density at radius 1 is 1.21 bits per heavy atom. The molecule has 0 spiro atoms. The number of hydrogen-bond donors (Lipinski definition) is 2. The zero-order chi connectivity index (χ0) is 20.0. The van der Waals surface area contributed by atoms with Crippen LogP contribution in [0.2, 0.25) is 10.0 Å². The highest BCUT2D eigenvalue weighted by Crippen LogP contribution is 2.41. The van der Waals surface area contributed by atoms with Gasteiger partial charge in [-0.1, -0.05) is 36.2 Å². The van der Waals surface area contributed by atoms with E-state index < -0.39 is 6.10 Å². The maximum absolute atomic E-state index is 10.3. The number of aliphatic hydroxyl groups is 1. The van der Waals surface area contributed by atoms with Crippen LogP contribution >= 0.6 is 23.2 Å². The highest BCUT2D eigenvalue weighted by molar-refractivity contribution is 6.35. The molecule has 4 rings (SSSR count). The molecule has 3 aromatic rings. The molecule has 0 saturated carbocycles. The molecule has 7 heteroatoms. The van der Waals surface area contributed by atoms with Crippen molar-refractivity contribution >= 4 is 51.6 Å². The molecule has 2 heterocycles. The van der Waals surface area contributed by atoms with E-state index in [-0.39, 0.29) is 5.92 Å². The van der Waals surface area contributed by atoms with Crippen LogP contribution in [0.4, 0.5) is 17.3 Å². The largest absolute Gasteiger partial charge is 0.397 e. The molecule has 0 aliphatic carbocycles. The van der Waals surface area contributed by atoms with Crippen LogP contribution < -0.4 is 10.6 Å². The fourth-order valence-corrected chi connectivity index (χ4v) is 4.62. The Kier molecular flexibility index (Phi) is 5.17. The minimum absolute atomic E-state index is 0.0246. The van der Waals surface area contributed by atoms with E-state index in [1.807, 2.05) is 31.2 Å². The summed E-state index contributed by atoms with van der Waals surface area (Å²) in [7, 11) is 0. The van der Waals surface area contributed by atoms with Crippen LogP contribution in [0.3, 0.4) is 0 Å². The molecule has 1 aliphatic heterocycles. The molecule has 0 radical (unpaired) electrons. The van der Waals surface area contributed by atoms with Gasteiger partial charge in [0.25, 0.3) is 0 Å². The van der Waals surface area contributed by atoms with Gasteiger partial charge in [-0.2, -0.15) is 0 Å². The third-order valence-electron chi connectivity index (χ3n) is 5.56. The number of nitrogen functional groups attached to an aromatic ring is 1. The quantitative estimate of drug-likeness (QED) is 0.560. The number of fused-ring (bicyclic) bond motifs is 3. The first-order chi connectivity index (χ1) is 13.4. The van der Waals surface area contributed by atoms with Gasteiger partial charge in [0.2, 0.25) is 5.95 Å². The Balaban J connectivity index is 1.94. The number of nitrogens with two attached hydrogens (primary N) is 1. The van der Waals surface area contributed by atoms with Gasteiger partial charge in [0.15, 0.2) is 0 Å². The molecular formula is C21H24Cl2N4O. The zero-order valence-electron chi connectivity index (χ0n) is 16.0. The summed E-state index contributed by atoms with van der Waals surface area (Å²) in [5.41, 5.74) is 10.6. The van der Waals surface area contributed by atoms with Gasteiger partial charge in [-0.15, -0.1) is 0 Å². The number of halogens is 2. The minimum atomic E-state index is -0.452. The highest BCUT2D eigenvalue weighted by Gasteiger charge is 2.28. The van der Waals surface area contributed by atoms with Crippen molar-refractivity contribution in [3.63, 3.8) is 0 Å². The van der Waals surface area contributed by atoms with Crippen LogP contribution in [0.1, 0.15) is 38.2 Å². The number of nitrogens with zero attached hydrogens (tertiary/aromatic N) is 3. The molecule has 0 saturated heterocycles. The maximum Gasteiger partial charge on any atom is 0.211 e. The number of aryl methyl sites for hydroxylation is 1. The van der Waals surface area contributed by atoms with E-state index in [1.165, 1.54) is 0 Å². The van der Waals surface area contributed by atoms with Crippen molar-refractivity contribution in [2.45, 2.75) is 45.3 Å². The van der Waals surface area contributed by atoms with Crippen LogP contribution in [0.5, 0.6) is 0 Å². The average Bonchev–Trinajstić information content (AvgIpc) is 3.05. The van der Waals surface area contributed by atoms with E-state index in [0.717, 1.165) is 54.2 Å². The summed E-state index contributed by atoms with van der Waals surface area (Å²) in [5.74, 6) is 0.849. The molecule has 0 bridgehead atoms. The van der Waals surface area contributed by atoms with Crippen molar-refractivity contribution in [1.82, 2.24) is 9.55 Å². The Hall–Kier alpha value is -1.95. The number of hydrogen-bond acceptors (Lipinski definition) is 4. The molecule has 2 atom stereocenters. The van der Waals surface area contributed by atoms with E-state index in [0.29, 0.717) is 15.7 Å². The second-order valence-electron chi connectivity index (χ2n) is 7.36. The second-order valence-corrected chi connectivity index (χ2v) is 8.20. The SMILES string of the molecule is CCC(c1ccc(Cl)c2nc3n(c12)CCCN3c1ccc(Cl)cc1N)C(C)O. The zero-order valence-corrected chi connectivity index (χ0v) is 17.5. The highest BCUT2D eigenvalue weighted by atomic mass is 35.5. The van der Waals surface area contributed by atoms with Gasteiger partial charge in [0.05, 0.1) is 28.0 Å². The van der Waals surface area contributed by atoms with Crippen LogP contribution in [0.25, 0.3) is 11.0 Å². The molecule has 0 fully saturated rings. The third-order valence-corrected chi connectivity index (χ3v) is 6.10. The van der Waals surface area contributed by atoms with Crippen molar-refractivity contribution in [3.8, 4) is 0 Å². The monoisotopic (exact) mass is 418 g/mol. The topological polar surface area (TPSA) is 67.3 Å². The lowest BCUT2D eigenvalue weighted by atomic mass is 9.90. The Morgan fingerprint density at radius 2 is 2.00 bits per heavy atom. The Morgan fingerprint density at radius 3 is 2.68 bits per heavy atom. The molecule has 5 nitrogen and oxygen atoms in total. The van der Waals surface area contributed by atoms with E-state index in [1.54, 1.807) is 6.07 Å². The molecule has 2 unspecified atom stereocenters. The predicted octanol–water partition coefficient (Wildman–Crippen LogP) is 5.34. The first-order valence-electron chi connectivity index (χ1n) is 9.61. The van der Waals surface area contributed by atoms with Crippen molar-refractivity contribution in [1.29, 1.82) is 0 Å². The first-order valence-corrected chi connectivity index (χ1v) is 10.4. The summed E-state index contributed by atoms with van der Waals surface area (Å²) in [6.45, 7) is 5.59. The summed E-state index contributed by atoms with van der Waals surface area (Å²) < 4.78 is 2.21. The number of anilines is 3. The Bertz CT molecular complexity index is 1030. The number of aliphatic hydroxyl groups excluding tert-OH is 1. The lowest BCUT2D eigenvalue weighted by molar-refractivity contribution is 0.160. The Labute approximate surface area is 174 Å². The van der Waals surface area contributed by atoms with Crippen LogP contribution in [0.15, 0.2) is 30.3 Å². The fourth-order valence-electron chi connectivity index (χ4n) is 4.25. The molecule has 28 heavy (non-hydrogen) atoms. The average molecular weight is 419 g/mol. The van der Waals surface area contributed by atoms with E-state index in [4.69, 9.17) is 33.9 Å². The smallest absolute Gasteiger partial charge is 0.211 e. The summed E-state index contributed by atoms with van der Waals surface area (Å²) in [6.07, 6.45) is 1.34.